The van der Waals surface area contributed by atoms with E-state index >= 15 is 0 Å². The summed E-state index contributed by atoms with van der Waals surface area (Å²) < 4.78 is 10.5. The molecular formula is C14H18ClN3O2. The van der Waals surface area contributed by atoms with Crippen LogP contribution in [0.25, 0.3) is 0 Å². The molecule has 1 atom stereocenters. The van der Waals surface area contributed by atoms with Gasteiger partial charge in [0.05, 0.1) is 13.2 Å². The first kappa shape index (κ1) is 14.8. The van der Waals surface area contributed by atoms with E-state index in [0.717, 1.165) is 30.1 Å². The molecule has 2 heterocycles. The fourth-order valence-electron chi connectivity index (χ4n) is 2.30. The number of nitrogens with zero attached hydrogens (tertiary/aromatic N) is 2. The SMILES string of the molecule is COc1ccc(Cc2noc(C3CCCN3)n2)cc1.Cl. The van der Waals surface area contributed by atoms with E-state index in [1.165, 1.54) is 6.42 Å². The molecule has 1 aromatic heterocycles. The lowest BCUT2D eigenvalue weighted by Crippen LogP contribution is -2.13. The molecule has 0 spiro atoms. The first-order valence-electron chi connectivity index (χ1n) is 6.54. The Bertz CT molecular complexity index is 536. The zero-order valence-electron chi connectivity index (χ0n) is 11.3. The summed E-state index contributed by atoms with van der Waals surface area (Å²) in [5.74, 6) is 2.29. The van der Waals surface area contributed by atoms with Gasteiger partial charge in [0.1, 0.15) is 5.75 Å². The van der Waals surface area contributed by atoms with Gasteiger partial charge in [0.15, 0.2) is 5.82 Å². The van der Waals surface area contributed by atoms with Crippen LogP contribution in [0.2, 0.25) is 0 Å². The molecule has 1 aliphatic rings. The molecule has 0 amide bonds. The van der Waals surface area contributed by atoms with Crippen LogP contribution in [0.4, 0.5) is 0 Å². The number of hydrogen-bond donors (Lipinski definition) is 1. The third-order valence-corrected chi connectivity index (χ3v) is 3.36. The van der Waals surface area contributed by atoms with Crippen LogP contribution in [-0.4, -0.2) is 23.8 Å². The molecule has 0 radical (unpaired) electrons. The fourth-order valence-corrected chi connectivity index (χ4v) is 2.30. The number of halogens is 1. The predicted octanol–water partition coefficient (Wildman–Crippen LogP) is 2.52. The molecule has 1 saturated heterocycles. The maximum absolute atomic E-state index is 5.32. The highest BCUT2D eigenvalue weighted by Crippen LogP contribution is 2.21. The van der Waals surface area contributed by atoms with Gasteiger partial charge in [-0.05, 0) is 37.1 Å². The Labute approximate surface area is 124 Å². The third-order valence-electron chi connectivity index (χ3n) is 3.36. The van der Waals surface area contributed by atoms with Crippen molar-refractivity contribution < 1.29 is 9.26 Å². The molecule has 2 aromatic rings. The topological polar surface area (TPSA) is 60.2 Å². The smallest absolute Gasteiger partial charge is 0.243 e. The van der Waals surface area contributed by atoms with E-state index in [9.17, 15) is 0 Å². The molecule has 6 heteroatoms. The zero-order valence-corrected chi connectivity index (χ0v) is 12.2. The van der Waals surface area contributed by atoms with Crippen LogP contribution >= 0.6 is 12.4 Å². The Balaban J connectivity index is 0.00000147. The zero-order chi connectivity index (χ0) is 13.1. The van der Waals surface area contributed by atoms with Crippen molar-refractivity contribution in [2.75, 3.05) is 13.7 Å². The molecule has 1 N–H and O–H groups in total. The summed E-state index contributed by atoms with van der Waals surface area (Å²) in [7, 11) is 1.66. The number of hydrogen-bond acceptors (Lipinski definition) is 5. The van der Waals surface area contributed by atoms with E-state index in [4.69, 9.17) is 9.26 Å². The number of aromatic nitrogens is 2. The lowest BCUT2D eigenvalue weighted by molar-refractivity contribution is 0.341. The van der Waals surface area contributed by atoms with Gasteiger partial charge < -0.3 is 14.6 Å². The van der Waals surface area contributed by atoms with Crippen LogP contribution in [0.5, 0.6) is 5.75 Å². The van der Waals surface area contributed by atoms with E-state index in [-0.39, 0.29) is 18.4 Å². The number of methoxy groups -OCH3 is 1. The molecule has 0 aliphatic carbocycles. The average Bonchev–Trinajstić information content (AvgIpc) is 3.10. The number of ether oxygens (including phenoxy) is 1. The summed E-state index contributed by atoms with van der Waals surface area (Å²) in [6.07, 6.45) is 2.92. The highest BCUT2D eigenvalue weighted by atomic mass is 35.5. The summed E-state index contributed by atoms with van der Waals surface area (Å²) in [6.45, 7) is 1.03. The van der Waals surface area contributed by atoms with Gasteiger partial charge in [-0.3, -0.25) is 0 Å². The molecule has 108 valence electrons. The maximum atomic E-state index is 5.32. The van der Waals surface area contributed by atoms with Crippen molar-refractivity contribution in [1.29, 1.82) is 0 Å². The minimum absolute atomic E-state index is 0. The average molecular weight is 296 g/mol. The molecule has 5 nitrogen and oxygen atoms in total. The Hall–Kier alpha value is -1.59. The second kappa shape index (κ2) is 6.72. The lowest BCUT2D eigenvalue weighted by atomic mass is 10.1. The quantitative estimate of drug-likeness (QED) is 0.939. The van der Waals surface area contributed by atoms with Gasteiger partial charge in [-0.2, -0.15) is 4.98 Å². The van der Waals surface area contributed by atoms with Crippen molar-refractivity contribution in [3.05, 3.63) is 41.5 Å². The maximum Gasteiger partial charge on any atom is 0.243 e. The summed E-state index contributed by atoms with van der Waals surface area (Å²) >= 11 is 0. The monoisotopic (exact) mass is 295 g/mol. The Morgan fingerprint density at radius 1 is 1.35 bits per heavy atom. The second-order valence-electron chi connectivity index (χ2n) is 4.72. The molecule has 1 fully saturated rings. The predicted molar refractivity (Wildman–Crippen MR) is 77.3 cm³/mol. The first-order valence-corrected chi connectivity index (χ1v) is 6.54. The highest BCUT2D eigenvalue weighted by Gasteiger charge is 2.22. The van der Waals surface area contributed by atoms with Crippen LogP contribution in [0.1, 0.15) is 36.2 Å². The van der Waals surface area contributed by atoms with Gasteiger partial charge >= 0.3 is 0 Å². The summed E-state index contributed by atoms with van der Waals surface area (Å²) in [6, 6.07) is 8.15. The Morgan fingerprint density at radius 3 is 2.80 bits per heavy atom. The normalized spacial score (nSPS) is 17.8. The highest BCUT2D eigenvalue weighted by molar-refractivity contribution is 5.85. The van der Waals surface area contributed by atoms with Crippen molar-refractivity contribution in [2.24, 2.45) is 0 Å². The van der Waals surface area contributed by atoms with Gasteiger partial charge in [0.2, 0.25) is 5.89 Å². The lowest BCUT2D eigenvalue weighted by Gasteiger charge is -2.02. The minimum Gasteiger partial charge on any atom is -0.497 e. The van der Waals surface area contributed by atoms with Crippen LogP contribution in [0.3, 0.4) is 0 Å². The van der Waals surface area contributed by atoms with Crippen molar-refractivity contribution in [3.63, 3.8) is 0 Å². The van der Waals surface area contributed by atoms with Gasteiger partial charge in [0, 0.05) is 6.42 Å². The summed E-state index contributed by atoms with van der Waals surface area (Å²) in [4.78, 5) is 4.46. The summed E-state index contributed by atoms with van der Waals surface area (Å²) in [5.41, 5.74) is 1.15. The van der Waals surface area contributed by atoms with Gasteiger partial charge in [-0.25, -0.2) is 0 Å². The van der Waals surface area contributed by atoms with Crippen molar-refractivity contribution in [1.82, 2.24) is 15.5 Å². The minimum atomic E-state index is 0. The van der Waals surface area contributed by atoms with Gasteiger partial charge in [0.25, 0.3) is 0 Å². The molecule has 3 rings (SSSR count). The van der Waals surface area contributed by atoms with Crippen LogP contribution < -0.4 is 10.1 Å². The number of rotatable bonds is 4. The number of nitrogens with one attached hydrogen (secondary N) is 1. The Kier molecular flexibility index (Phi) is 4.98. The van der Waals surface area contributed by atoms with Gasteiger partial charge in [-0.15, -0.1) is 12.4 Å². The van der Waals surface area contributed by atoms with E-state index < -0.39 is 0 Å². The molecule has 1 aromatic carbocycles. The molecule has 0 bridgehead atoms. The third kappa shape index (κ3) is 3.29. The standard InChI is InChI=1S/C14H17N3O2.ClH/c1-18-11-6-4-10(5-7-11)9-13-16-14(19-17-13)12-3-2-8-15-12;/h4-7,12,15H,2-3,8-9H2,1H3;1H. The molecule has 20 heavy (non-hydrogen) atoms. The van der Waals surface area contributed by atoms with E-state index in [0.29, 0.717) is 12.3 Å². The van der Waals surface area contributed by atoms with Crippen molar-refractivity contribution >= 4 is 12.4 Å². The van der Waals surface area contributed by atoms with Crippen molar-refractivity contribution in [2.45, 2.75) is 25.3 Å². The second-order valence-corrected chi connectivity index (χ2v) is 4.72. The van der Waals surface area contributed by atoms with E-state index in [2.05, 4.69) is 15.5 Å². The largest absolute Gasteiger partial charge is 0.497 e. The van der Waals surface area contributed by atoms with Crippen LogP contribution in [0.15, 0.2) is 28.8 Å². The van der Waals surface area contributed by atoms with E-state index in [1.54, 1.807) is 7.11 Å². The fraction of sp³-hybridized carbons (Fsp3) is 0.429. The van der Waals surface area contributed by atoms with E-state index in [1.807, 2.05) is 24.3 Å². The first-order chi connectivity index (χ1) is 9.35. The van der Waals surface area contributed by atoms with Crippen LogP contribution in [0, 0.1) is 0 Å². The van der Waals surface area contributed by atoms with Crippen LogP contribution in [-0.2, 0) is 6.42 Å². The van der Waals surface area contributed by atoms with Crippen molar-refractivity contribution in [3.8, 4) is 5.75 Å². The molecule has 1 unspecified atom stereocenters. The Morgan fingerprint density at radius 2 is 2.15 bits per heavy atom. The summed E-state index contributed by atoms with van der Waals surface area (Å²) in [5, 5.41) is 7.39. The molecular weight excluding hydrogens is 278 g/mol. The molecule has 0 saturated carbocycles. The molecule has 1 aliphatic heterocycles. The number of benzene rings is 1. The van der Waals surface area contributed by atoms with Gasteiger partial charge in [-0.1, -0.05) is 17.3 Å².